The van der Waals surface area contributed by atoms with Gasteiger partial charge in [-0.25, -0.2) is 0 Å². The van der Waals surface area contributed by atoms with Gasteiger partial charge in [0, 0.05) is 24.7 Å². The molecule has 3 aliphatic heterocycles. The highest BCUT2D eigenvalue weighted by atomic mass is 16.5. The highest BCUT2D eigenvalue weighted by molar-refractivity contribution is 5.58. The average Bonchev–Trinajstić information content (AvgIpc) is 2.75. The largest absolute Gasteiger partial charge is 0.489 e. The van der Waals surface area contributed by atoms with Crippen LogP contribution in [0.3, 0.4) is 0 Å². The smallest absolute Gasteiger partial charge is 0.142 e. The molecule has 1 aromatic rings. The lowest BCUT2D eigenvalue weighted by Gasteiger charge is -2.37. The second-order valence-electron chi connectivity index (χ2n) is 6.78. The first-order valence-electron chi connectivity index (χ1n) is 8.23. The van der Waals surface area contributed by atoms with E-state index in [4.69, 9.17) is 4.74 Å². The zero-order valence-electron chi connectivity index (χ0n) is 12.7. The zero-order valence-corrected chi connectivity index (χ0v) is 12.7. The van der Waals surface area contributed by atoms with Crippen molar-refractivity contribution < 1.29 is 4.74 Å². The van der Waals surface area contributed by atoms with Crippen LogP contribution in [0.25, 0.3) is 0 Å². The minimum Gasteiger partial charge on any atom is -0.489 e. The van der Waals surface area contributed by atoms with Gasteiger partial charge in [-0.15, -0.1) is 0 Å². The monoisotopic (exact) mass is 287 g/mol. The first-order valence-corrected chi connectivity index (χ1v) is 8.23. The van der Waals surface area contributed by atoms with Crippen molar-refractivity contribution in [2.45, 2.75) is 49.9 Å². The molecule has 0 aromatic heterocycles. The maximum atomic E-state index is 5.84. The third-order valence-electron chi connectivity index (χ3n) is 5.44. The van der Waals surface area contributed by atoms with E-state index in [9.17, 15) is 0 Å². The number of ether oxygens (including phenoxy) is 1. The first kappa shape index (κ1) is 13.4. The fraction of sp³-hybridized carbons (Fsp3) is 0.647. The van der Waals surface area contributed by atoms with Crippen LogP contribution in [0.5, 0.6) is 5.75 Å². The number of hydrogen-bond donors (Lipinski definition) is 2. The van der Waals surface area contributed by atoms with Gasteiger partial charge in [-0.1, -0.05) is 12.1 Å². The van der Waals surface area contributed by atoms with E-state index in [-0.39, 0.29) is 0 Å². The Morgan fingerprint density at radius 3 is 2.81 bits per heavy atom. The van der Waals surface area contributed by atoms with Crippen LogP contribution in [0.15, 0.2) is 24.3 Å². The summed E-state index contributed by atoms with van der Waals surface area (Å²) in [4.78, 5) is 2.59. The maximum absolute atomic E-state index is 5.84. The van der Waals surface area contributed by atoms with E-state index in [1.807, 2.05) is 12.1 Å². The van der Waals surface area contributed by atoms with Gasteiger partial charge in [0.2, 0.25) is 0 Å². The zero-order chi connectivity index (χ0) is 14.2. The first-order chi connectivity index (χ1) is 10.3. The topological polar surface area (TPSA) is 36.5 Å². The number of benzene rings is 1. The average molecular weight is 287 g/mol. The summed E-state index contributed by atoms with van der Waals surface area (Å²) >= 11 is 0. The van der Waals surface area contributed by atoms with Gasteiger partial charge in [0.05, 0.1) is 11.7 Å². The summed E-state index contributed by atoms with van der Waals surface area (Å²) in [6.45, 7) is 1.74. The summed E-state index contributed by atoms with van der Waals surface area (Å²) in [7, 11) is 2.30. The molecule has 0 saturated carbocycles. The van der Waals surface area contributed by atoms with Crippen molar-refractivity contribution in [3.63, 3.8) is 0 Å². The lowest BCUT2D eigenvalue weighted by atomic mass is 9.98. The fourth-order valence-electron chi connectivity index (χ4n) is 4.16. The van der Waals surface area contributed by atoms with Crippen molar-refractivity contribution in [2.75, 3.05) is 25.5 Å². The second-order valence-corrected chi connectivity index (χ2v) is 6.78. The van der Waals surface area contributed by atoms with E-state index in [0.717, 1.165) is 36.7 Å². The van der Waals surface area contributed by atoms with E-state index in [1.165, 1.54) is 25.7 Å². The molecule has 4 nitrogen and oxygen atoms in total. The Hall–Kier alpha value is -1.26. The normalized spacial score (nSPS) is 34.9. The van der Waals surface area contributed by atoms with Gasteiger partial charge in [-0.05, 0) is 44.9 Å². The standard InChI is InChI=1S/C17H25N3O/c1-20-14-6-7-15(20)9-12(8-14)18-10-13-11-21-17-5-3-2-4-16(17)19-13/h2-5,12-15,18-19H,6-11H2,1H3. The molecule has 3 unspecified atom stereocenters. The van der Waals surface area contributed by atoms with E-state index in [1.54, 1.807) is 0 Å². The number of anilines is 1. The molecular weight excluding hydrogens is 262 g/mol. The molecule has 4 rings (SSSR count). The molecule has 114 valence electrons. The molecule has 3 heterocycles. The number of nitrogens with one attached hydrogen (secondary N) is 2. The Morgan fingerprint density at radius 1 is 1.24 bits per heavy atom. The van der Waals surface area contributed by atoms with Crippen LogP contribution < -0.4 is 15.4 Å². The van der Waals surface area contributed by atoms with Crippen LogP contribution in [0.4, 0.5) is 5.69 Å². The number of nitrogens with zero attached hydrogens (tertiary/aromatic N) is 1. The van der Waals surface area contributed by atoms with Crippen molar-refractivity contribution in [2.24, 2.45) is 0 Å². The molecule has 2 N–H and O–H groups in total. The van der Waals surface area contributed by atoms with Crippen LogP contribution in [-0.4, -0.2) is 49.3 Å². The molecule has 2 bridgehead atoms. The van der Waals surface area contributed by atoms with E-state index < -0.39 is 0 Å². The van der Waals surface area contributed by atoms with Crippen molar-refractivity contribution in [1.29, 1.82) is 0 Å². The Bertz CT molecular complexity index is 493. The lowest BCUT2D eigenvalue weighted by molar-refractivity contribution is 0.147. The van der Waals surface area contributed by atoms with E-state index in [0.29, 0.717) is 12.1 Å². The Kier molecular flexibility index (Phi) is 3.51. The molecule has 1 aromatic carbocycles. The van der Waals surface area contributed by atoms with Gasteiger partial charge in [0.1, 0.15) is 12.4 Å². The number of hydrogen-bond acceptors (Lipinski definition) is 4. The minimum atomic E-state index is 0.372. The molecule has 21 heavy (non-hydrogen) atoms. The molecule has 2 fully saturated rings. The summed E-state index contributed by atoms with van der Waals surface area (Å²) in [5.41, 5.74) is 1.12. The summed E-state index contributed by atoms with van der Waals surface area (Å²) < 4.78 is 5.84. The van der Waals surface area contributed by atoms with Crippen molar-refractivity contribution in [3.05, 3.63) is 24.3 Å². The quantitative estimate of drug-likeness (QED) is 0.892. The van der Waals surface area contributed by atoms with E-state index in [2.05, 4.69) is 34.7 Å². The van der Waals surface area contributed by atoms with Crippen LogP contribution >= 0.6 is 0 Å². The highest BCUT2D eigenvalue weighted by Gasteiger charge is 2.38. The molecule has 0 spiro atoms. The summed E-state index contributed by atoms with van der Waals surface area (Å²) in [6, 6.07) is 10.9. The molecular formula is C17H25N3O. The molecule has 3 atom stereocenters. The Balaban J connectivity index is 1.30. The van der Waals surface area contributed by atoms with Crippen molar-refractivity contribution >= 4 is 5.69 Å². The van der Waals surface area contributed by atoms with Crippen LogP contribution in [0.1, 0.15) is 25.7 Å². The molecule has 0 aliphatic carbocycles. The highest BCUT2D eigenvalue weighted by Crippen LogP contribution is 2.34. The third kappa shape index (κ3) is 2.62. The lowest BCUT2D eigenvalue weighted by Crippen LogP contribution is -2.50. The number of piperidine rings is 1. The predicted molar refractivity (Wildman–Crippen MR) is 84.9 cm³/mol. The Morgan fingerprint density at radius 2 is 2.00 bits per heavy atom. The van der Waals surface area contributed by atoms with Crippen LogP contribution in [0.2, 0.25) is 0 Å². The van der Waals surface area contributed by atoms with Gasteiger partial charge in [-0.3, -0.25) is 0 Å². The SMILES string of the molecule is CN1C2CCC1CC(NCC1COc3ccccc3N1)C2. The fourth-order valence-corrected chi connectivity index (χ4v) is 4.16. The summed E-state index contributed by atoms with van der Waals surface area (Å²) in [5, 5.41) is 7.36. The molecule has 4 heteroatoms. The summed E-state index contributed by atoms with van der Waals surface area (Å²) in [5.74, 6) is 0.978. The second kappa shape index (κ2) is 5.50. The third-order valence-corrected chi connectivity index (χ3v) is 5.44. The molecule has 0 radical (unpaired) electrons. The predicted octanol–water partition coefficient (Wildman–Crippen LogP) is 2.07. The van der Waals surface area contributed by atoms with Gasteiger partial charge < -0.3 is 20.3 Å². The summed E-state index contributed by atoms with van der Waals surface area (Å²) in [6.07, 6.45) is 5.38. The van der Waals surface area contributed by atoms with E-state index >= 15 is 0 Å². The van der Waals surface area contributed by atoms with Crippen LogP contribution in [0, 0.1) is 0 Å². The molecule has 0 amide bonds. The van der Waals surface area contributed by atoms with Crippen molar-refractivity contribution in [1.82, 2.24) is 10.2 Å². The van der Waals surface area contributed by atoms with Gasteiger partial charge >= 0.3 is 0 Å². The van der Waals surface area contributed by atoms with Crippen molar-refractivity contribution in [3.8, 4) is 5.75 Å². The number of para-hydroxylation sites is 2. The number of fused-ring (bicyclic) bond motifs is 3. The Labute approximate surface area is 126 Å². The van der Waals surface area contributed by atoms with Gasteiger partial charge in [-0.2, -0.15) is 0 Å². The number of rotatable bonds is 3. The van der Waals surface area contributed by atoms with Crippen LogP contribution in [-0.2, 0) is 0 Å². The maximum Gasteiger partial charge on any atom is 0.142 e. The van der Waals surface area contributed by atoms with Gasteiger partial charge in [0.25, 0.3) is 0 Å². The molecule has 2 saturated heterocycles. The molecule has 3 aliphatic rings. The minimum absolute atomic E-state index is 0.372. The van der Waals surface area contributed by atoms with Gasteiger partial charge in [0.15, 0.2) is 0 Å².